The summed E-state index contributed by atoms with van der Waals surface area (Å²) in [5.41, 5.74) is 0.441. The van der Waals surface area contributed by atoms with Gasteiger partial charge in [0.15, 0.2) is 0 Å². The van der Waals surface area contributed by atoms with E-state index in [2.05, 4.69) is 5.32 Å². The van der Waals surface area contributed by atoms with Crippen molar-refractivity contribution in [3.63, 3.8) is 0 Å². The first-order valence-corrected chi connectivity index (χ1v) is 11.1. The standard InChI is InChI=1S/C21H30FN3O2S/c1-24(2)13-12-23-19(26)18-14-28-21(16-6-4-3-5-7-16)25(18)20(27)15-8-10-17(22)11-9-15/h8-11,16,18,21H,3-7,12-14H2,1-2H3,(H,23,26)/t18-,21+/m0/s1. The Morgan fingerprint density at radius 1 is 1.18 bits per heavy atom. The predicted octanol–water partition coefficient (Wildman–Crippen LogP) is 2.97. The van der Waals surface area contributed by atoms with Crippen molar-refractivity contribution in [2.45, 2.75) is 43.5 Å². The Balaban J connectivity index is 1.78. The number of amides is 2. The minimum atomic E-state index is -0.475. The normalized spacial score (nSPS) is 23.2. The molecule has 1 saturated heterocycles. The van der Waals surface area contributed by atoms with Crippen LogP contribution in [-0.4, -0.2) is 66.0 Å². The van der Waals surface area contributed by atoms with Crippen LogP contribution in [0.2, 0.25) is 0 Å². The van der Waals surface area contributed by atoms with Gasteiger partial charge in [0.1, 0.15) is 11.9 Å². The zero-order chi connectivity index (χ0) is 20.1. The summed E-state index contributed by atoms with van der Waals surface area (Å²) in [5, 5.41) is 2.99. The van der Waals surface area contributed by atoms with Crippen LogP contribution in [0.5, 0.6) is 0 Å². The summed E-state index contributed by atoms with van der Waals surface area (Å²) < 4.78 is 13.3. The number of thioether (sulfide) groups is 1. The van der Waals surface area contributed by atoms with E-state index in [-0.39, 0.29) is 23.0 Å². The van der Waals surface area contributed by atoms with Gasteiger partial charge in [0.05, 0.1) is 5.37 Å². The van der Waals surface area contributed by atoms with E-state index in [1.807, 2.05) is 19.0 Å². The smallest absolute Gasteiger partial charge is 0.255 e. The summed E-state index contributed by atoms with van der Waals surface area (Å²) in [7, 11) is 3.92. The highest BCUT2D eigenvalue weighted by atomic mass is 32.2. The molecule has 2 atom stereocenters. The SMILES string of the molecule is CN(C)CCNC(=O)[C@@H]1CS[C@H](C2CCCCC2)N1C(=O)c1ccc(F)cc1. The van der Waals surface area contributed by atoms with Gasteiger partial charge in [-0.05, 0) is 57.1 Å². The van der Waals surface area contributed by atoms with Crippen LogP contribution in [-0.2, 0) is 4.79 Å². The van der Waals surface area contributed by atoms with Gasteiger partial charge in [-0.3, -0.25) is 9.59 Å². The fourth-order valence-electron chi connectivity index (χ4n) is 4.03. The Kier molecular flexibility index (Phi) is 7.35. The zero-order valence-electron chi connectivity index (χ0n) is 16.7. The van der Waals surface area contributed by atoms with Crippen LogP contribution in [0.4, 0.5) is 4.39 Å². The molecule has 0 radical (unpaired) electrons. The monoisotopic (exact) mass is 407 g/mol. The van der Waals surface area contributed by atoms with Crippen molar-refractivity contribution in [1.29, 1.82) is 0 Å². The molecule has 0 aromatic heterocycles. The van der Waals surface area contributed by atoms with Gasteiger partial charge in [0, 0.05) is 24.4 Å². The number of nitrogens with zero attached hydrogens (tertiary/aromatic N) is 2. The van der Waals surface area contributed by atoms with Crippen LogP contribution in [0.1, 0.15) is 42.5 Å². The number of carbonyl (C=O) groups is 2. The molecule has 1 aliphatic heterocycles. The molecule has 154 valence electrons. The second kappa shape index (κ2) is 9.74. The molecule has 0 bridgehead atoms. The third kappa shape index (κ3) is 5.06. The van der Waals surface area contributed by atoms with Crippen molar-refractivity contribution in [3.05, 3.63) is 35.6 Å². The van der Waals surface area contributed by atoms with Crippen LogP contribution in [0.25, 0.3) is 0 Å². The molecule has 2 fully saturated rings. The van der Waals surface area contributed by atoms with Crippen LogP contribution < -0.4 is 5.32 Å². The second-order valence-corrected chi connectivity index (χ2v) is 9.10. The Morgan fingerprint density at radius 2 is 1.86 bits per heavy atom. The maximum Gasteiger partial charge on any atom is 0.255 e. The lowest BCUT2D eigenvalue weighted by Gasteiger charge is -2.35. The molecule has 1 aromatic rings. The molecule has 3 rings (SSSR count). The summed E-state index contributed by atoms with van der Waals surface area (Å²) in [5.74, 6) is 0.398. The summed E-state index contributed by atoms with van der Waals surface area (Å²) >= 11 is 1.72. The van der Waals surface area contributed by atoms with E-state index in [0.717, 1.165) is 19.4 Å². The van der Waals surface area contributed by atoms with E-state index in [1.54, 1.807) is 16.7 Å². The van der Waals surface area contributed by atoms with Crippen molar-refractivity contribution >= 4 is 23.6 Å². The third-order valence-electron chi connectivity index (χ3n) is 5.57. The number of carbonyl (C=O) groups excluding carboxylic acids is 2. The number of halogens is 1. The zero-order valence-corrected chi connectivity index (χ0v) is 17.5. The Morgan fingerprint density at radius 3 is 2.50 bits per heavy atom. The lowest BCUT2D eigenvalue weighted by Crippen LogP contribution is -2.52. The molecular formula is C21H30FN3O2S. The number of hydrogen-bond donors (Lipinski definition) is 1. The summed E-state index contributed by atoms with van der Waals surface area (Å²) in [6.07, 6.45) is 5.80. The fourth-order valence-corrected chi connectivity index (χ4v) is 5.67. The molecule has 7 heteroatoms. The van der Waals surface area contributed by atoms with Gasteiger partial charge in [-0.1, -0.05) is 19.3 Å². The van der Waals surface area contributed by atoms with Crippen molar-refractivity contribution in [2.24, 2.45) is 5.92 Å². The van der Waals surface area contributed by atoms with E-state index in [4.69, 9.17) is 0 Å². The Labute approximate surface area is 171 Å². The molecular weight excluding hydrogens is 377 g/mol. The van der Waals surface area contributed by atoms with Crippen molar-refractivity contribution in [1.82, 2.24) is 15.1 Å². The number of rotatable bonds is 6. The first-order chi connectivity index (χ1) is 13.5. The molecule has 1 N–H and O–H groups in total. The van der Waals surface area contributed by atoms with Gasteiger partial charge in [-0.15, -0.1) is 11.8 Å². The second-order valence-electron chi connectivity index (χ2n) is 7.95. The highest BCUT2D eigenvalue weighted by Crippen LogP contribution is 2.41. The number of hydrogen-bond acceptors (Lipinski definition) is 4. The number of benzene rings is 1. The quantitative estimate of drug-likeness (QED) is 0.788. The average Bonchev–Trinajstić information content (AvgIpc) is 3.13. The highest BCUT2D eigenvalue weighted by Gasteiger charge is 2.45. The third-order valence-corrected chi connectivity index (χ3v) is 7.04. The van der Waals surface area contributed by atoms with Crippen LogP contribution in [0.15, 0.2) is 24.3 Å². The van der Waals surface area contributed by atoms with E-state index in [0.29, 0.717) is 23.8 Å². The molecule has 1 heterocycles. The lowest BCUT2D eigenvalue weighted by atomic mass is 9.88. The molecule has 1 aromatic carbocycles. The van der Waals surface area contributed by atoms with Gasteiger partial charge in [-0.2, -0.15) is 0 Å². The first kappa shape index (κ1) is 21.1. The molecule has 0 spiro atoms. The average molecular weight is 408 g/mol. The van der Waals surface area contributed by atoms with Crippen molar-refractivity contribution in [3.8, 4) is 0 Å². The van der Waals surface area contributed by atoms with Gasteiger partial charge < -0.3 is 15.1 Å². The van der Waals surface area contributed by atoms with E-state index < -0.39 is 6.04 Å². The largest absolute Gasteiger partial charge is 0.353 e. The van der Waals surface area contributed by atoms with E-state index in [9.17, 15) is 14.0 Å². The van der Waals surface area contributed by atoms with Gasteiger partial charge >= 0.3 is 0 Å². The molecule has 5 nitrogen and oxygen atoms in total. The molecule has 1 saturated carbocycles. The lowest BCUT2D eigenvalue weighted by molar-refractivity contribution is -0.125. The minimum Gasteiger partial charge on any atom is -0.353 e. The van der Waals surface area contributed by atoms with Gasteiger partial charge in [-0.25, -0.2) is 4.39 Å². The highest BCUT2D eigenvalue weighted by molar-refractivity contribution is 8.00. The van der Waals surface area contributed by atoms with Gasteiger partial charge in [0.2, 0.25) is 5.91 Å². The molecule has 2 aliphatic rings. The maximum atomic E-state index is 13.3. The first-order valence-electron chi connectivity index (χ1n) is 10.1. The summed E-state index contributed by atoms with van der Waals surface area (Å²) in [4.78, 5) is 30.0. The molecule has 2 amide bonds. The van der Waals surface area contributed by atoms with Crippen LogP contribution >= 0.6 is 11.8 Å². The molecule has 28 heavy (non-hydrogen) atoms. The predicted molar refractivity (Wildman–Crippen MR) is 111 cm³/mol. The Hall–Kier alpha value is -1.60. The van der Waals surface area contributed by atoms with E-state index >= 15 is 0 Å². The summed E-state index contributed by atoms with van der Waals surface area (Å²) in [6.45, 7) is 1.31. The minimum absolute atomic E-state index is 0.0162. The fraction of sp³-hybridized carbons (Fsp3) is 0.619. The van der Waals surface area contributed by atoms with E-state index in [1.165, 1.54) is 43.5 Å². The molecule has 1 aliphatic carbocycles. The van der Waals surface area contributed by atoms with Crippen molar-refractivity contribution in [2.75, 3.05) is 32.9 Å². The summed E-state index contributed by atoms with van der Waals surface area (Å²) in [6, 6.07) is 5.16. The van der Waals surface area contributed by atoms with Gasteiger partial charge in [0.25, 0.3) is 5.91 Å². The molecule has 0 unspecified atom stereocenters. The van der Waals surface area contributed by atoms with Crippen molar-refractivity contribution < 1.29 is 14.0 Å². The van der Waals surface area contributed by atoms with Crippen LogP contribution in [0, 0.1) is 11.7 Å². The number of likely N-dealkylation sites (N-methyl/N-ethyl adjacent to an activating group) is 1. The number of nitrogens with one attached hydrogen (secondary N) is 1. The Bertz CT molecular complexity index is 677. The topological polar surface area (TPSA) is 52.7 Å². The van der Waals surface area contributed by atoms with Crippen LogP contribution in [0.3, 0.4) is 0 Å². The maximum absolute atomic E-state index is 13.3.